The molecule has 5 amide bonds. The van der Waals surface area contributed by atoms with Crippen molar-refractivity contribution in [1.82, 2.24) is 21.3 Å². The van der Waals surface area contributed by atoms with Gasteiger partial charge in [0, 0.05) is 18.4 Å². The second-order valence-electron chi connectivity index (χ2n) is 10.8. The van der Waals surface area contributed by atoms with Crippen LogP contribution in [0.1, 0.15) is 35.7 Å². The van der Waals surface area contributed by atoms with E-state index in [1.165, 1.54) is 6.92 Å². The molecule has 250 valence electrons. The van der Waals surface area contributed by atoms with E-state index in [0.717, 1.165) is 11.1 Å². The van der Waals surface area contributed by atoms with Crippen LogP contribution >= 0.6 is 0 Å². The maximum Gasteiger partial charge on any atom is 0.416 e. The molecular weight excluding hydrogens is 619 g/mol. The molecule has 3 rings (SSSR count). The fourth-order valence-corrected chi connectivity index (χ4v) is 4.53. The predicted octanol–water partition coefficient (Wildman–Crippen LogP) is 1.99. The van der Waals surface area contributed by atoms with Gasteiger partial charge in [-0.1, -0.05) is 72.8 Å². The number of nitrogens with two attached hydrogens (primary N) is 1. The van der Waals surface area contributed by atoms with Gasteiger partial charge in [0.1, 0.15) is 12.1 Å². The smallest absolute Gasteiger partial charge is 0.382 e. The van der Waals surface area contributed by atoms with Gasteiger partial charge in [-0.15, -0.1) is 0 Å². The number of nitrogens with one attached hydrogen (secondary N) is 4. The maximum absolute atomic E-state index is 13.2. The normalized spacial score (nSPS) is 13.7. The number of carbonyl (C=O) groups is 5. The van der Waals surface area contributed by atoms with Gasteiger partial charge >= 0.3 is 6.18 Å². The van der Waals surface area contributed by atoms with Crippen LogP contribution < -0.4 is 27.0 Å². The van der Waals surface area contributed by atoms with Gasteiger partial charge in [0.25, 0.3) is 5.91 Å². The lowest BCUT2D eigenvalue weighted by atomic mass is 10.0. The van der Waals surface area contributed by atoms with Crippen molar-refractivity contribution in [3.63, 3.8) is 0 Å². The van der Waals surface area contributed by atoms with E-state index in [4.69, 9.17) is 5.73 Å². The Morgan fingerprint density at radius 1 is 0.787 bits per heavy atom. The summed E-state index contributed by atoms with van der Waals surface area (Å²) >= 11 is 0. The van der Waals surface area contributed by atoms with Crippen LogP contribution in [0.4, 0.5) is 13.2 Å². The Balaban J connectivity index is 1.63. The number of primary amides is 1. The number of hydrogen-bond acceptors (Lipinski definition) is 6. The second-order valence-corrected chi connectivity index (χ2v) is 10.8. The first-order valence-corrected chi connectivity index (χ1v) is 14.7. The summed E-state index contributed by atoms with van der Waals surface area (Å²) in [5.41, 5.74) is 7.82. The van der Waals surface area contributed by atoms with Gasteiger partial charge in [0.05, 0.1) is 12.6 Å². The lowest BCUT2D eigenvalue weighted by Crippen LogP contribution is -2.57. The molecule has 7 N–H and O–H groups in total. The third kappa shape index (κ3) is 11.6. The molecule has 47 heavy (non-hydrogen) atoms. The molecule has 2 unspecified atom stereocenters. The summed E-state index contributed by atoms with van der Waals surface area (Å²) in [6.45, 7) is 0.716. The molecule has 0 spiro atoms. The van der Waals surface area contributed by atoms with E-state index >= 15 is 0 Å². The second kappa shape index (κ2) is 16.9. The van der Waals surface area contributed by atoms with Crippen LogP contribution in [-0.4, -0.2) is 71.6 Å². The standard InChI is InChI=1S/C33H36F3N5O6/c1-20(30(45)41-25(16-17-27(37)42)29(44)33(34,35)36)39-32(47)26(18-21-8-4-2-5-9-21)40-28(43)19-38-31(46)24-14-12-23(13-15-24)22-10-6-3-7-11-22/h2-15,20,25-26,29,44H,16-19H2,1H3,(H2,37,42)(H,38,46)(H,39,47)(H,40,43)(H,41,45)/t20-,25?,26-,29?/m0/s1. The van der Waals surface area contributed by atoms with Gasteiger partial charge in [-0.25, -0.2) is 0 Å². The molecule has 0 fully saturated rings. The molecule has 0 aliphatic heterocycles. The highest BCUT2D eigenvalue weighted by atomic mass is 19.4. The summed E-state index contributed by atoms with van der Waals surface area (Å²) < 4.78 is 39.5. The lowest BCUT2D eigenvalue weighted by Gasteiger charge is -2.27. The largest absolute Gasteiger partial charge is 0.416 e. The van der Waals surface area contributed by atoms with Crippen molar-refractivity contribution < 1.29 is 42.3 Å². The first-order chi connectivity index (χ1) is 22.2. The summed E-state index contributed by atoms with van der Waals surface area (Å²) in [6.07, 6.45) is -9.25. The number of alkyl halides is 3. The van der Waals surface area contributed by atoms with Crippen molar-refractivity contribution in [3.8, 4) is 11.1 Å². The van der Waals surface area contributed by atoms with Gasteiger partial charge in [-0.3, -0.25) is 24.0 Å². The third-order valence-electron chi connectivity index (χ3n) is 7.10. The molecule has 0 aliphatic rings. The highest BCUT2D eigenvalue weighted by Gasteiger charge is 2.44. The van der Waals surface area contributed by atoms with E-state index in [0.29, 0.717) is 11.1 Å². The number of rotatable bonds is 15. The molecule has 0 bridgehead atoms. The van der Waals surface area contributed by atoms with Gasteiger partial charge in [0.2, 0.25) is 23.6 Å². The summed E-state index contributed by atoms with van der Waals surface area (Å²) in [4.78, 5) is 62.6. The van der Waals surface area contributed by atoms with Crippen molar-refractivity contribution in [3.05, 3.63) is 96.1 Å². The van der Waals surface area contributed by atoms with Crippen LogP contribution in [0.25, 0.3) is 11.1 Å². The van der Waals surface area contributed by atoms with Gasteiger partial charge in [0.15, 0.2) is 6.10 Å². The lowest BCUT2D eigenvalue weighted by molar-refractivity contribution is -0.212. The fourth-order valence-electron chi connectivity index (χ4n) is 4.53. The van der Waals surface area contributed by atoms with Crippen molar-refractivity contribution >= 4 is 29.5 Å². The van der Waals surface area contributed by atoms with Crippen LogP contribution in [0.5, 0.6) is 0 Å². The van der Waals surface area contributed by atoms with E-state index in [-0.39, 0.29) is 6.42 Å². The molecule has 11 nitrogen and oxygen atoms in total. The number of amides is 5. The molecule has 14 heteroatoms. The minimum Gasteiger partial charge on any atom is -0.382 e. The molecule has 3 aromatic rings. The predicted molar refractivity (Wildman–Crippen MR) is 166 cm³/mol. The number of carbonyl (C=O) groups excluding carboxylic acids is 5. The van der Waals surface area contributed by atoms with Crippen molar-refractivity contribution in [2.75, 3.05) is 6.54 Å². The Kier molecular flexibility index (Phi) is 13.0. The molecule has 0 radical (unpaired) electrons. The summed E-state index contributed by atoms with van der Waals surface area (Å²) in [5, 5.41) is 19.1. The maximum atomic E-state index is 13.2. The van der Waals surface area contributed by atoms with Crippen molar-refractivity contribution in [1.29, 1.82) is 0 Å². The van der Waals surface area contributed by atoms with Crippen LogP contribution in [0.15, 0.2) is 84.9 Å². The zero-order valence-electron chi connectivity index (χ0n) is 25.4. The number of aliphatic hydroxyl groups is 1. The first-order valence-electron chi connectivity index (χ1n) is 14.7. The minimum absolute atomic E-state index is 0.0182. The fraction of sp³-hybridized carbons (Fsp3) is 0.303. The zero-order chi connectivity index (χ0) is 34.6. The van der Waals surface area contributed by atoms with E-state index in [1.807, 2.05) is 35.6 Å². The Bertz CT molecular complexity index is 1520. The average Bonchev–Trinajstić information content (AvgIpc) is 3.05. The Hall–Kier alpha value is -5.24. The SMILES string of the molecule is C[C@H](NC(=O)[C@H](Cc1ccccc1)NC(=O)CNC(=O)c1ccc(-c2ccccc2)cc1)C(=O)NC(CCC(N)=O)C(O)C(F)(F)F. The Labute approximate surface area is 269 Å². The summed E-state index contributed by atoms with van der Waals surface area (Å²) in [7, 11) is 0. The van der Waals surface area contributed by atoms with Crippen LogP contribution in [0.2, 0.25) is 0 Å². The van der Waals surface area contributed by atoms with Gasteiger partial charge in [-0.05, 0) is 42.2 Å². The molecule has 0 aliphatic carbocycles. The average molecular weight is 656 g/mol. The van der Waals surface area contributed by atoms with E-state index < -0.39 is 79.3 Å². The molecule has 0 saturated carbocycles. The zero-order valence-corrected chi connectivity index (χ0v) is 25.4. The Morgan fingerprint density at radius 2 is 1.36 bits per heavy atom. The third-order valence-corrected chi connectivity index (χ3v) is 7.10. The topological polar surface area (TPSA) is 180 Å². The van der Waals surface area contributed by atoms with Crippen molar-refractivity contribution in [2.24, 2.45) is 5.73 Å². The first kappa shape index (κ1) is 36.2. The summed E-state index contributed by atoms with van der Waals surface area (Å²) in [5.74, 6) is -4.09. The quantitative estimate of drug-likeness (QED) is 0.146. The highest BCUT2D eigenvalue weighted by Crippen LogP contribution is 2.24. The molecule has 0 aromatic heterocycles. The van der Waals surface area contributed by atoms with Crippen LogP contribution in [0.3, 0.4) is 0 Å². The number of hydrogen-bond donors (Lipinski definition) is 6. The van der Waals surface area contributed by atoms with E-state index in [1.54, 1.807) is 54.6 Å². The Morgan fingerprint density at radius 3 is 1.94 bits per heavy atom. The van der Waals surface area contributed by atoms with Crippen LogP contribution in [0, 0.1) is 0 Å². The molecule has 4 atom stereocenters. The molecular formula is C33H36F3N5O6. The molecule has 0 heterocycles. The van der Waals surface area contributed by atoms with Gasteiger partial charge in [-0.2, -0.15) is 13.2 Å². The van der Waals surface area contributed by atoms with Crippen LogP contribution in [-0.2, 0) is 25.6 Å². The summed E-state index contributed by atoms with van der Waals surface area (Å²) in [6, 6.07) is 20.3. The molecule has 3 aromatic carbocycles. The van der Waals surface area contributed by atoms with E-state index in [2.05, 4.69) is 16.0 Å². The number of aliphatic hydroxyl groups excluding tert-OH is 1. The van der Waals surface area contributed by atoms with Gasteiger partial charge < -0.3 is 32.1 Å². The van der Waals surface area contributed by atoms with E-state index in [9.17, 15) is 42.3 Å². The minimum atomic E-state index is -5.10. The molecule has 0 saturated heterocycles. The number of halogens is 3. The highest BCUT2D eigenvalue weighted by molar-refractivity contribution is 5.98. The monoisotopic (exact) mass is 655 g/mol. The number of benzene rings is 3. The van der Waals surface area contributed by atoms with Crippen molar-refractivity contribution in [2.45, 2.75) is 56.6 Å².